The molecule has 2 unspecified atom stereocenters. The summed E-state index contributed by atoms with van der Waals surface area (Å²) < 4.78 is 2.10. The van der Waals surface area contributed by atoms with Gasteiger partial charge < -0.3 is 5.32 Å². The molecule has 0 amide bonds. The fraction of sp³-hybridized carbons (Fsp3) is 0.812. The van der Waals surface area contributed by atoms with E-state index in [2.05, 4.69) is 47.8 Å². The van der Waals surface area contributed by atoms with Crippen molar-refractivity contribution in [2.75, 3.05) is 0 Å². The van der Waals surface area contributed by atoms with Gasteiger partial charge in [0, 0.05) is 30.4 Å². The number of hydrogen-bond donors (Lipinski definition) is 1. The molecule has 1 N–H and O–H groups in total. The van der Waals surface area contributed by atoms with Crippen molar-refractivity contribution in [2.24, 2.45) is 13.0 Å². The number of aromatic nitrogens is 2. The number of nitrogens with one attached hydrogen (secondary N) is 1. The number of rotatable bonds is 5. The van der Waals surface area contributed by atoms with E-state index in [-0.39, 0.29) is 0 Å². The lowest BCUT2D eigenvalue weighted by Gasteiger charge is -2.26. The van der Waals surface area contributed by atoms with Crippen molar-refractivity contribution in [3.8, 4) is 0 Å². The first-order chi connectivity index (χ1) is 9.63. The first-order valence-electron chi connectivity index (χ1n) is 8.06. The molecule has 1 aromatic rings. The molecule has 20 heavy (non-hydrogen) atoms. The SMILES string of the molecule is Cc1nn(C)c(SC2CCCC(C)C2)c1CNC1CC1. The molecule has 3 rings (SSSR count). The summed E-state index contributed by atoms with van der Waals surface area (Å²) in [5, 5.41) is 10.5. The Morgan fingerprint density at radius 1 is 1.30 bits per heavy atom. The Bertz CT molecular complexity index is 465. The molecule has 4 heteroatoms. The molecule has 0 saturated heterocycles. The Kier molecular flexibility index (Phi) is 4.41. The highest BCUT2D eigenvalue weighted by Gasteiger charge is 2.25. The quantitative estimate of drug-likeness (QED) is 0.898. The normalized spacial score (nSPS) is 26.9. The molecule has 0 radical (unpaired) electrons. The smallest absolute Gasteiger partial charge is 0.0987 e. The van der Waals surface area contributed by atoms with Crippen molar-refractivity contribution < 1.29 is 0 Å². The molecular formula is C16H27N3S. The average Bonchev–Trinajstić information content (AvgIpc) is 3.17. The van der Waals surface area contributed by atoms with Gasteiger partial charge in [-0.3, -0.25) is 4.68 Å². The minimum Gasteiger partial charge on any atom is -0.310 e. The molecule has 112 valence electrons. The monoisotopic (exact) mass is 293 g/mol. The van der Waals surface area contributed by atoms with Crippen molar-refractivity contribution in [1.29, 1.82) is 0 Å². The van der Waals surface area contributed by atoms with Gasteiger partial charge in [0.05, 0.1) is 10.7 Å². The topological polar surface area (TPSA) is 29.9 Å². The van der Waals surface area contributed by atoms with E-state index in [0.29, 0.717) is 0 Å². The molecule has 0 spiro atoms. The van der Waals surface area contributed by atoms with E-state index in [9.17, 15) is 0 Å². The third kappa shape index (κ3) is 3.40. The van der Waals surface area contributed by atoms with Crippen LogP contribution >= 0.6 is 11.8 Å². The third-order valence-corrected chi connectivity index (χ3v) is 6.10. The zero-order chi connectivity index (χ0) is 14.1. The first-order valence-corrected chi connectivity index (χ1v) is 8.94. The summed E-state index contributed by atoms with van der Waals surface area (Å²) in [6.45, 7) is 5.54. The Balaban J connectivity index is 1.69. The lowest BCUT2D eigenvalue weighted by molar-refractivity contribution is 0.393. The summed E-state index contributed by atoms with van der Waals surface area (Å²) in [5.41, 5.74) is 2.63. The van der Waals surface area contributed by atoms with Gasteiger partial charge in [0.15, 0.2) is 0 Å². The maximum atomic E-state index is 4.65. The number of aryl methyl sites for hydroxylation is 2. The molecule has 2 aliphatic rings. The van der Waals surface area contributed by atoms with E-state index >= 15 is 0 Å². The zero-order valence-corrected chi connectivity index (χ0v) is 13.8. The predicted molar refractivity (Wildman–Crippen MR) is 85.1 cm³/mol. The van der Waals surface area contributed by atoms with Crippen LogP contribution in [0.5, 0.6) is 0 Å². The van der Waals surface area contributed by atoms with E-state index in [1.54, 1.807) is 0 Å². The minimum atomic E-state index is 0.766. The van der Waals surface area contributed by atoms with E-state index < -0.39 is 0 Å². The van der Waals surface area contributed by atoms with Crippen LogP contribution in [0.3, 0.4) is 0 Å². The maximum Gasteiger partial charge on any atom is 0.0987 e. The van der Waals surface area contributed by atoms with Gasteiger partial charge in [-0.05, 0) is 38.5 Å². The largest absolute Gasteiger partial charge is 0.310 e. The zero-order valence-electron chi connectivity index (χ0n) is 13.0. The molecule has 3 nitrogen and oxygen atoms in total. The predicted octanol–water partition coefficient (Wildman–Crippen LogP) is 3.65. The number of hydrogen-bond acceptors (Lipinski definition) is 3. The first kappa shape index (κ1) is 14.5. The van der Waals surface area contributed by atoms with Crippen LogP contribution in [-0.4, -0.2) is 21.1 Å². The van der Waals surface area contributed by atoms with E-state index in [0.717, 1.165) is 23.8 Å². The Morgan fingerprint density at radius 2 is 2.10 bits per heavy atom. The van der Waals surface area contributed by atoms with Crippen LogP contribution in [0.25, 0.3) is 0 Å². The summed E-state index contributed by atoms with van der Waals surface area (Å²) in [4.78, 5) is 0. The molecule has 0 aromatic carbocycles. The van der Waals surface area contributed by atoms with Crippen LogP contribution < -0.4 is 5.32 Å². The lowest BCUT2D eigenvalue weighted by atomic mass is 9.91. The highest BCUT2D eigenvalue weighted by Crippen LogP contribution is 2.38. The molecule has 1 heterocycles. The van der Waals surface area contributed by atoms with Gasteiger partial charge in [-0.1, -0.05) is 19.8 Å². The van der Waals surface area contributed by atoms with Crippen LogP contribution in [0.1, 0.15) is 56.7 Å². The second-order valence-corrected chi connectivity index (χ2v) is 7.95. The highest BCUT2D eigenvalue weighted by atomic mass is 32.2. The van der Waals surface area contributed by atoms with Crippen molar-refractivity contribution in [3.63, 3.8) is 0 Å². The Morgan fingerprint density at radius 3 is 2.80 bits per heavy atom. The third-order valence-electron chi connectivity index (χ3n) is 4.60. The van der Waals surface area contributed by atoms with Gasteiger partial charge in [-0.25, -0.2) is 0 Å². The van der Waals surface area contributed by atoms with Crippen LogP contribution in [0.2, 0.25) is 0 Å². The van der Waals surface area contributed by atoms with E-state index in [4.69, 9.17) is 0 Å². The van der Waals surface area contributed by atoms with Crippen molar-refractivity contribution in [3.05, 3.63) is 11.3 Å². The standard InChI is InChI=1S/C16H27N3S/c1-11-5-4-6-14(9-11)20-16-15(10-17-13-7-8-13)12(2)18-19(16)3/h11,13-14,17H,4-10H2,1-3H3. The van der Waals surface area contributed by atoms with E-state index in [1.165, 1.54) is 54.8 Å². The van der Waals surface area contributed by atoms with Crippen molar-refractivity contribution >= 4 is 11.8 Å². The molecule has 0 aliphatic heterocycles. The maximum absolute atomic E-state index is 4.65. The van der Waals surface area contributed by atoms with E-state index in [1.807, 2.05) is 0 Å². The summed E-state index contributed by atoms with van der Waals surface area (Å²) in [7, 11) is 2.10. The summed E-state index contributed by atoms with van der Waals surface area (Å²) in [6.07, 6.45) is 8.24. The van der Waals surface area contributed by atoms with Gasteiger partial charge in [0.2, 0.25) is 0 Å². The molecule has 1 aromatic heterocycles. The molecule has 2 saturated carbocycles. The highest BCUT2D eigenvalue weighted by molar-refractivity contribution is 7.99. The molecule has 2 aliphatic carbocycles. The van der Waals surface area contributed by atoms with Gasteiger partial charge >= 0.3 is 0 Å². The fourth-order valence-corrected chi connectivity index (χ4v) is 4.79. The van der Waals surface area contributed by atoms with Gasteiger partial charge in [-0.2, -0.15) is 5.10 Å². The number of nitrogens with zero attached hydrogens (tertiary/aromatic N) is 2. The molecule has 2 atom stereocenters. The van der Waals surface area contributed by atoms with Crippen molar-refractivity contribution in [1.82, 2.24) is 15.1 Å². The summed E-state index contributed by atoms with van der Waals surface area (Å²) in [5.74, 6) is 0.892. The van der Waals surface area contributed by atoms with Crippen LogP contribution in [0, 0.1) is 12.8 Å². The number of thioether (sulfide) groups is 1. The minimum absolute atomic E-state index is 0.766. The summed E-state index contributed by atoms with van der Waals surface area (Å²) in [6, 6.07) is 0.766. The van der Waals surface area contributed by atoms with Crippen LogP contribution in [0.15, 0.2) is 5.03 Å². The van der Waals surface area contributed by atoms with Gasteiger partial charge in [0.25, 0.3) is 0 Å². The summed E-state index contributed by atoms with van der Waals surface area (Å²) >= 11 is 2.07. The van der Waals surface area contributed by atoms with Gasteiger partial charge in [0.1, 0.15) is 0 Å². The molecular weight excluding hydrogens is 266 g/mol. The Hall–Kier alpha value is -0.480. The van der Waals surface area contributed by atoms with Crippen molar-refractivity contribution in [2.45, 2.75) is 75.2 Å². The van der Waals surface area contributed by atoms with Crippen LogP contribution in [-0.2, 0) is 13.6 Å². The molecule has 0 bridgehead atoms. The Labute approximate surface area is 126 Å². The average molecular weight is 293 g/mol. The second-order valence-electron chi connectivity index (χ2n) is 6.66. The molecule has 2 fully saturated rings. The fourth-order valence-electron chi connectivity index (χ4n) is 3.21. The van der Waals surface area contributed by atoms with Crippen LogP contribution in [0.4, 0.5) is 0 Å². The lowest BCUT2D eigenvalue weighted by Crippen LogP contribution is -2.18. The second kappa shape index (κ2) is 6.10. The van der Waals surface area contributed by atoms with Gasteiger partial charge in [-0.15, -0.1) is 11.8 Å².